The number of nitrogens with one attached hydrogen (secondary N) is 1. The van der Waals surface area contributed by atoms with Gasteiger partial charge in [-0.15, -0.1) is 0 Å². The summed E-state index contributed by atoms with van der Waals surface area (Å²) in [6, 6.07) is 14.5. The van der Waals surface area contributed by atoms with E-state index in [-0.39, 0.29) is 5.91 Å². The fourth-order valence-corrected chi connectivity index (χ4v) is 4.30. The molecule has 0 aliphatic carbocycles. The number of carbonyl (C=O) groups excluding carboxylic acids is 1. The van der Waals surface area contributed by atoms with Crippen molar-refractivity contribution in [3.63, 3.8) is 0 Å². The topological polar surface area (TPSA) is 70.6 Å². The molecule has 0 saturated carbocycles. The van der Waals surface area contributed by atoms with Gasteiger partial charge >= 0.3 is 0 Å². The first kappa shape index (κ1) is 21.4. The number of morpholine rings is 1. The second-order valence-electron chi connectivity index (χ2n) is 8.70. The van der Waals surface area contributed by atoms with E-state index < -0.39 is 0 Å². The number of rotatable bonds is 5. The van der Waals surface area contributed by atoms with Crippen LogP contribution in [0.1, 0.15) is 22.3 Å². The van der Waals surface area contributed by atoms with Crippen molar-refractivity contribution in [2.45, 2.75) is 26.7 Å². The van der Waals surface area contributed by atoms with Crippen molar-refractivity contribution < 1.29 is 9.53 Å². The zero-order valence-corrected chi connectivity index (χ0v) is 19.2. The molecule has 1 amide bonds. The molecule has 170 valence electrons. The average Bonchev–Trinajstić information content (AvgIpc) is 3.26. The van der Waals surface area contributed by atoms with Crippen LogP contribution in [0, 0.1) is 13.8 Å². The average molecular weight is 444 g/mol. The number of nitrogens with zero attached hydrogens (tertiary/aromatic N) is 4. The second-order valence-corrected chi connectivity index (χ2v) is 8.70. The minimum atomic E-state index is 0.160. The van der Waals surface area contributed by atoms with E-state index in [1.165, 1.54) is 11.1 Å². The highest BCUT2D eigenvalue weighted by atomic mass is 16.5. The zero-order chi connectivity index (χ0) is 22.8. The minimum absolute atomic E-state index is 0.160. The van der Waals surface area contributed by atoms with Crippen LogP contribution in [0.25, 0.3) is 0 Å². The number of anilines is 4. The number of hydrogen-bond donors (Lipinski definition) is 1. The molecular weight excluding hydrogens is 414 g/mol. The Morgan fingerprint density at radius 2 is 1.82 bits per heavy atom. The number of benzene rings is 2. The first-order valence-electron chi connectivity index (χ1n) is 11.5. The summed E-state index contributed by atoms with van der Waals surface area (Å²) in [4.78, 5) is 26.0. The van der Waals surface area contributed by atoms with Gasteiger partial charge in [-0.2, -0.15) is 4.98 Å². The molecule has 2 aliphatic rings. The lowest BCUT2D eigenvalue weighted by Gasteiger charge is -2.27. The summed E-state index contributed by atoms with van der Waals surface area (Å²) >= 11 is 0. The molecule has 2 aromatic carbocycles. The minimum Gasteiger partial charge on any atom is -0.378 e. The quantitative estimate of drug-likeness (QED) is 0.644. The first-order chi connectivity index (χ1) is 16.1. The van der Waals surface area contributed by atoms with Crippen molar-refractivity contribution in [2.75, 3.05) is 43.1 Å². The van der Waals surface area contributed by atoms with Gasteiger partial charge in [0.15, 0.2) is 0 Å². The summed E-state index contributed by atoms with van der Waals surface area (Å²) in [6.45, 7) is 7.68. The van der Waals surface area contributed by atoms with Crippen LogP contribution in [0.3, 0.4) is 0 Å². The molecule has 0 unspecified atom stereocenters. The molecule has 3 heterocycles. The summed E-state index contributed by atoms with van der Waals surface area (Å²) in [7, 11) is 0. The molecule has 0 bridgehead atoms. The molecule has 3 aromatic rings. The summed E-state index contributed by atoms with van der Waals surface area (Å²) in [5.74, 6) is 1.69. The Labute approximate surface area is 194 Å². The van der Waals surface area contributed by atoms with Gasteiger partial charge in [-0.1, -0.05) is 18.2 Å². The number of aromatic nitrogens is 2. The van der Waals surface area contributed by atoms with E-state index in [2.05, 4.69) is 53.3 Å². The third-order valence-corrected chi connectivity index (χ3v) is 6.43. The lowest BCUT2D eigenvalue weighted by Crippen LogP contribution is -2.41. The largest absolute Gasteiger partial charge is 0.378 e. The monoisotopic (exact) mass is 443 g/mol. The molecule has 5 rings (SSSR count). The van der Waals surface area contributed by atoms with Crippen LogP contribution in [0.5, 0.6) is 0 Å². The maximum absolute atomic E-state index is 12.5. The van der Waals surface area contributed by atoms with E-state index in [4.69, 9.17) is 9.72 Å². The maximum atomic E-state index is 12.5. The lowest BCUT2D eigenvalue weighted by molar-refractivity contribution is -0.134. The van der Waals surface area contributed by atoms with Crippen molar-refractivity contribution in [3.05, 3.63) is 70.9 Å². The molecule has 2 aliphatic heterocycles. The molecule has 1 saturated heterocycles. The van der Waals surface area contributed by atoms with E-state index in [0.29, 0.717) is 38.7 Å². The molecule has 0 spiro atoms. The molecule has 1 aromatic heterocycles. The number of amides is 1. The fraction of sp³-hybridized carbons (Fsp3) is 0.346. The summed E-state index contributed by atoms with van der Waals surface area (Å²) in [5.41, 5.74) is 6.72. The van der Waals surface area contributed by atoms with Gasteiger partial charge in [0, 0.05) is 42.8 Å². The smallest absolute Gasteiger partial charge is 0.229 e. The summed E-state index contributed by atoms with van der Waals surface area (Å²) in [5, 5.41) is 3.34. The lowest BCUT2D eigenvalue weighted by atomic mass is 10.1. The van der Waals surface area contributed by atoms with Gasteiger partial charge in [0.25, 0.3) is 0 Å². The van der Waals surface area contributed by atoms with Gasteiger partial charge in [0.1, 0.15) is 5.82 Å². The van der Waals surface area contributed by atoms with Gasteiger partial charge < -0.3 is 19.9 Å². The third kappa shape index (κ3) is 4.68. The number of hydrogen-bond acceptors (Lipinski definition) is 6. The van der Waals surface area contributed by atoms with Crippen LogP contribution in [-0.2, 0) is 22.4 Å². The molecule has 0 radical (unpaired) electrons. The number of carbonyl (C=O) groups is 1. The Kier molecular flexibility index (Phi) is 5.96. The summed E-state index contributed by atoms with van der Waals surface area (Å²) in [6.07, 6.45) is 3.25. The van der Waals surface area contributed by atoms with Gasteiger partial charge in [0.05, 0.1) is 19.6 Å². The van der Waals surface area contributed by atoms with Crippen molar-refractivity contribution >= 4 is 29.0 Å². The van der Waals surface area contributed by atoms with E-state index in [9.17, 15) is 4.79 Å². The predicted octanol–water partition coefficient (Wildman–Crippen LogP) is 3.93. The Bertz CT molecular complexity index is 1160. The Morgan fingerprint density at radius 1 is 1.03 bits per heavy atom. The first-order valence-corrected chi connectivity index (χ1v) is 11.5. The molecule has 7 nitrogen and oxygen atoms in total. The van der Waals surface area contributed by atoms with Crippen molar-refractivity contribution in [3.8, 4) is 0 Å². The third-order valence-electron chi connectivity index (χ3n) is 6.43. The Balaban J connectivity index is 1.29. The van der Waals surface area contributed by atoms with E-state index in [1.807, 2.05) is 29.3 Å². The van der Waals surface area contributed by atoms with Crippen LogP contribution in [-0.4, -0.2) is 53.6 Å². The zero-order valence-electron chi connectivity index (χ0n) is 19.2. The molecule has 1 fully saturated rings. The summed E-state index contributed by atoms with van der Waals surface area (Å²) < 4.78 is 5.34. The van der Waals surface area contributed by atoms with Crippen molar-refractivity contribution in [2.24, 2.45) is 0 Å². The molecule has 33 heavy (non-hydrogen) atoms. The van der Waals surface area contributed by atoms with Gasteiger partial charge in [-0.3, -0.25) is 4.79 Å². The van der Waals surface area contributed by atoms with E-state index >= 15 is 0 Å². The maximum Gasteiger partial charge on any atom is 0.229 e. The number of ether oxygens (including phenoxy) is 1. The highest BCUT2D eigenvalue weighted by Gasteiger charge is 2.23. The van der Waals surface area contributed by atoms with Crippen molar-refractivity contribution in [1.29, 1.82) is 0 Å². The Morgan fingerprint density at radius 3 is 2.58 bits per heavy atom. The fourth-order valence-electron chi connectivity index (χ4n) is 4.30. The molecule has 0 atom stereocenters. The number of aryl methyl sites for hydroxylation is 2. The van der Waals surface area contributed by atoms with Gasteiger partial charge in [-0.05, 0) is 61.2 Å². The van der Waals surface area contributed by atoms with Crippen LogP contribution in [0.4, 0.5) is 23.1 Å². The van der Waals surface area contributed by atoms with E-state index in [0.717, 1.165) is 41.3 Å². The van der Waals surface area contributed by atoms with Crippen LogP contribution in [0.15, 0.2) is 48.7 Å². The highest BCUT2D eigenvalue weighted by Crippen LogP contribution is 2.33. The molecule has 1 N–H and O–H groups in total. The highest BCUT2D eigenvalue weighted by molar-refractivity contribution is 5.79. The van der Waals surface area contributed by atoms with Crippen LogP contribution in [0.2, 0.25) is 0 Å². The molecule has 7 heteroatoms. The second kappa shape index (κ2) is 9.19. The van der Waals surface area contributed by atoms with Crippen LogP contribution < -0.4 is 10.2 Å². The normalized spacial score (nSPS) is 15.5. The van der Waals surface area contributed by atoms with Crippen molar-refractivity contribution in [1.82, 2.24) is 14.9 Å². The van der Waals surface area contributed by atoms with Gasteiger partial charge in [0.2, 0.25) is 11.9 Å². The SMILES string of the molecule is Cc1ccc(Nc2ncc3c(n2)N(c2ccc(CC(=O)N4CCOCC4)cc2)CC3)cc1C. The predicted molar refractivity (Wildman–Crippen MR) is 129 cm³/mol. The van der Waals surface area contributed by atoms with Gasteiger partial charge in [-0.25, -0.2) is 4.98 Å². The standard InChI is InChI=1S/C26H29N5O2/c1-18-3-6-22(15-19(18)2)28-26-27-17-21-9-10-31(25(21)29-26)23-7-4-20(5-8-23)16-24(32)30-11-13-33-14-12-30/h3-8,15,17H,9-14,16H2,1-2H3,(H,27,28,29). The Hall–Kier alpha value is -3.45. The molecular formula is C26H29N5O2. The number of fused-ring (bicyclic) bond motifs is 1. The van der Waals surface area contributed by atoms with Crippen LogP contribution >= 0.6 is 0 Å². The van der Waals surface area contributed by atoms with E-state index in [1.54, 1.807) is 0 Å².